The molecule has 2 aromatic carbocycles. The molecule has 3 heterocycles. The SMILES string of the molecule is COc1nc(-c2cccc3c2OCCO3)ccc1Nc1ccc(CNCC2COCCN2)cc1. The minimum atomic E-state index is 0.373. The predicted molar refractivity (Wildman–Crippen MR) is 131 cm³/mol. The third-order valence-electron chi connectivity index (χ3n) is 5.85. The summed E-state index contributed by atoms with van der Waals surface area (Å²) in [5.74, 6) is 1.98. The number of hydrogen-bond acceptors (Lipinski definition) is 8. The average molecular weight is 463 g/mol. The maximum atomic E-state index is 5.85. The van der Waals surface area contributed by atoms with Crippen molar-refractivity contribution in [2.45, 2.75) is 12.6 Å². The van der Waals surface area contributed by atoms with Crippen LogP contribution in [0, 0.1) is 0 Å². The fraction of sp³-hybridized carbons (Fsp3) is 0.346. The third-order valence-corrected chi connectivity index (χ3v) is 5.85. The van der Waals surface area contributed by atoms with Gasteiger partial charge in [0, 0.05) is 36.9 Å². The number of rotatable bonds is 8. The Hall–Kier alpha value is -3.33. The number of morpholine rings is 1. The molecule has 1 unspecified atom stereocenters. The van der Waals surface area contributed by atoms with E-state index in [-0.39, 0.29) is 0 Å². The van der Waals surface area contributed by atoms with E-state index in [1.54, 1.807) is 7.11 Å². The molecular formula is C26H30N4O4. The molecule has 3 aromatic rings. The van der Waals surface area contributed by atoms with Crippen molar-refractivity contribution in [2.24, 2.45) is 0 Å². The Balaban J connectivity index is 1.24. The summed E-state index contributed by atoms with van der Waals surface area (Å²) in [6, 6.07) is 18.5. The summed E-state index contributed by atoms with van der Waals surface area (Å²) >= 11 is 0. The van der Waals surface area contributed by atoms with Gasteiger partial charge >= 0.3 is 0 Å². The van der Waals surface area contributed by atoms with Gasteiger partial charge in [-0.2, -0.15) is 0 Å². The van der Waals surface area contributed by atoms with Gasteiger partial charge in [0.2, 0.25) is 5.88 Å². The molecular weight excluding hydrogens is 432 g/mol. The molecule has 5 rings (SSSR count). The lowest BCUT2D eigenvalue weighted by Crippen LogP contribution is -2.47. The van der Waals surface area contributed by atoms with E-state index in [1.807, 2.05) is 30.3 Å². The molecule has 2 aliphatic rings. The lowest BCUT2D eigenvalue weighted by atomic mass is 10.1. The molecule has 0 amide bonds. The molecule has 0 radical (unpaired) electrons. The molecule has 0 saturated carbocycles. The molecule has 0 bridgehead atoms. The first-order chi connectivity index (χ1) is 16.8. The van der Waals surface area contributed by atoms with Crippen LogP contribution in [0.25, 0.3) is 11.3 Å². The number of hydrogen-bond donors (Lipinski definition) is 3. The summed E-state index contributed by atoms with van der Waals surface area (Å²) in [6.45, 7) is 5.25. The number of ether oxygens (including phenoxy) is 4. The Morgan fingerprint density at radius 3 is 2.74 bits per heavy atom. The summed E-state index contributed by atoms with van der Waals surface area (Å²) in [5, 5.41) is 10.4. The highest BCUT2D eigenvalue weighted by Crippen LogP contribution is 2.40. The number of para-hydroxylation sites is 1. The van der Waals surface area contributed by atoms with Crippen molar-refractivity contribution in [3.8, 4) is 28.6 Å². The van der Waals surface area contributed by atoms with Crippen LogP contribution < -0.4 is 30.2 Å². The van der Waals surface area contributed by atoms with Crippen LogP contribution in [-0.4, -0.2) is 57.7 Å². The van der Waals surface area contributed by atoms with Crippen LogP contribution in [0.3, 0.4) is 0 Å². The molecule has 8 heteroatoms. The van der Waals surface area contributed by atoms with Gasteiger partial charge in [-0.15, -0.1) is 0 Å². The van der Waals surface area contributed by atoms with Crippen molar-refractivity contribution in [3.63, 3.8) is 0 Å². The van der Waals surface area contributed by atoms with E-state index in [0.29, 0.717) is 25.1 Å². The minimum Gasteiger partial charge on any atom is -0.486 e. The third kappa shape index (κ3) is 5.25. The molecule has 1 atom stereocenters. The first-order valence-electron chi connectivity index (χ1n) is 11.6. The van der Waals surface area contributed by atoms with Crippen molar-refractivity contribution in [2.75, 3.05) is 51.9 Å². The van der Waals surface area contributed by atoms with E-state index in [0.717, 1.165) is 67.0 Å². The highest BCUT2D eigenvalue weighted by Gasteiger charge is 2.19. The zero-order valence-corrected chi connectivity index (χ0v) is 19.3. The van der Waals surface area contributed by atoms with Crippen molar-refractivity contribution in [1.82, 2.24) is 15.6 Å². The minimum absolute atomic E-state index is 0.373. The van der Waals surface area contributed by atoms with Crippen LogP contribution in [0.4, 0.5) is 11.4 Å². The fourth-order valence-corrected chi connectivity index (χ4v) is 4.12. The first-order valence-corrected chi connectivity index (χ1v) is 11.6. The highest BCUT2D eigenvalue weighted by molar-refractivity contribution is 5.74. The predicted octanol–water partition coefficient (Wildman–Crippen LogP) is 3.35. The van der Waals surface area contributed by atoms with Gasteiger partial charge < -0.3 is 34.9 Å². The summed E-state index contributed by atoms with van der Waals surface area (Å²) in [4.78, 5) is 4.72. The molecule has 8 nitrogen and oxygen atoms in total. The lowest BCUT2D eigenvalue weighted by molar-refractivity contribution is 0.0766. The van der Waals surface area contributed by atoms with Gasteiger partial charge in [0.15, 0.2) is 11.5 Å². The first kappa shape index (κ1) is 22.5. The molecule has 178 valence electrons. The number of methoxy groups -OCH3 is 1. The summed E-state index contributed by atoms with van der Waals surface area (Å²) < 4.78 is 22.6. The van der Waals surface area contributed by atoms with Crippen molar-refractivity contribution < 1.29 is 18.9 Å². The molecule has 0 spiro atoms. The number of nitrogens with one attached hydrogen (secondary N) is 3. The zero-order valence-electron chi connectivity index (χ0n) is 19.3. The largest absolute Gasteiger partial charge is 0.486 e. The second-order valence-corrected chi connectivity index (χ2v) is 8.26. The van der Waals surface area contributed by atoms with Gasteiger partial charge in [-0.1, -0.05) is 18.2 Å². The van der Waals surface area contributed by atoms with Gasteiger partial charge in [0.1, 0.15) is 18.9 Å². The molecule has 1 saturated heterocycles. The van der Waals surface area contributed by atoms with Crippen LogP contribution >= 0.6 is 0 Å². The molecule has 1 aromatic heterocycles. The Bertz CT molecular complexity index is 1100. The second-order valence-electron chi connectivity index (χ2n) is 8.26. The van der Waals surface area contributed by atoms with Crippen molar-refractivity contribution >= 4 is 11.4 Å². The smallest absolute Gasteiger partial charge is 0.238 e. The van der Waals surface area contributed by atoms with E-state index >= 15 is 0 Å². The normalized spacial score (nSPS) is 17.3. The maximum Gasteiger partial charge on any atom is 0.238 e. The van der Waals surface area contributed by atoms with Gasteiger partial charge in [-0.25, -0.2) is 4.98 Å². The van der Waals surface area contributed by atoms with E-state index in [9.17, 15) is 0 Å². The average Bonchev–Trinajstić information content (AvgIpc) is 2.90. The van der Waals surface area contributed by atoms with Crippen molar-refractivity contribution in [3.05, 3.63) is 60.2 Å². The standard InChI is InChI=1S/C26H30N4O4/c1-31-26-23(10-9-22(30-26)21-3-2-4-24-25(21)34-14-13-33-24)29-19-7-5-18(6-8-19)15-27-16-20-17-32-12-11-28-20/h2-10,20,27-29H,11-17H2,1H3. The summed E-state index contributed by atoms with van der Waals surface area (Å²) in [6.07, 6.45) is 0. The van der Waals surface area contributed by atoms with Crippen LogP contribution in [0.5, 0.6) is 17.4 Å². The van der Waals surface area contributed by atoms with Crippen LogP contribution in [-0.2, 0) is 11.3 Å². The van der Waals surface area contributed by atoms with Crippen molar-refractivity contribution in [1.29, 1.82) is 0 Å². The van der Waals surface area contributed by atoms with E-state index in [1.165, 1.54) is 5.56 Å². The number of fused-ring (bicyclic) bond motifs is 1. The van der Waals surface area contributed by atoms with Crippen LogP contribution in [0.1, 0.15) is 5.56 Å². The monoisotopic (exact) mass is 462 g/mol. The molecule has 2 aliphatic heterocycles. The summed E-state index contributed by atoms with van der Waals surface area (Å²) in [5.41, 5.74) is 4.63. The van der Waals surface area contributed by atoms with Crippen LogP contribution in [0.2, 0.25) is 0 Å². The maximum absolute atomic E-state index is 5.85. The molecule has 0 aliphatic carbocycles. The lowest BCUT2D eigenvalue weighted by Gasteiger charge is -2.24. The molecule has 1 fully saturated rings. The van der Waals surface area contributed by atoms with Gasteiger partial charge in [0.05, 0.1) is 26.0 Å². The summed E-state index contributed by atoms with van der Waals surface area (Å²) in [7, 11) is 1.62. The Morgan fingerprint density at radius 2 is 1.91 bits per heavy atom. The van der Waals surface area contributed by atoms with Gasteiger partial charge in [-0.05, 0) is 42.0 Å². The number of pyridine rings is 1. The fourth-order valence-electron chi connectivity index (χ4n) is 4.12. The van der Waals surface area contributed by atoms with E-state index < -0.39 is 0 Å². The molecule has 3 N–H and O–H groups in total. The van der Waals surface area contributed by atoms with E-state index in [4.69, 9.17) is 23.9 Å². The zero-order chi connectivity index (χ0) is 23.2. The number of benzene rings is 2. The van der Waals surface area contributed by atoms with E-state index in [2.05, 4.69) is 40.2 Å². The molecule has 34 heavy (non-hydrogen) atoms. The number of nitrogens with zero attached hydrogens (tertiary/aromatic N) is 1. The Labute approximate surface area is 199 Å². The van der Waals surface area contributed by atoms with Gasteiger partial charge in [-0.3, -0.25) is 0 Å². The number of anilines is 2. The number of aromatic nitrogens is 1. The topological polar surface area (TPSA) is 85.9 Å². The second kappa shape index (κ2) is 10.7. The Kier molecular flexibility index (Phi) is 7.09. The van der Waals surface area contributed by atoms with Crippen LogP contribution in [0.15, 0.2) is 54.6 Å². The highest BCUT2D eigenvalue weighted by atomic mass is 16.6. The van der Waals surface area contributed by atoms with Gasteiger partial charge in [0.25, 0.3) is 0 Å². The quantitative estimate of drug-likeness (QED) is 0.470. The Morgan fingerprint density at radius 1 is 1.03 bits per heavy atom.